The predicted octanol–water partition coefficient (Wildman–Crippen LogP) is 2.76. The van der Waals surface area contributed by atoms with Gasteiger partial charge in [0.05, 0.1) is 10.5 Å². The lowest BCUT2D eigenvalue weighted by Gasteiger charge is -2.21. The van der Waals surface area contributed by atoms with Gasteiger partial charge in [-0.25, -0.2) is 4.98 Å². The van der Waals surface area contributed by atoms with Gasteiger partial charge in [-0.1, -0.05) is 17.7 Å². The Morgan fingerprint density at radius 3 is 2.88 bits per heavy atom. The van der Waals surface area contributed by atoms with Gasteiger partial charge in [-0.15, -0.1) is 0 Å². The molecule has 17 heavy (non-hydrogen) atoms. The Hall–Kier alpha value is -1.06. The average molecular weight is 250 g/mol. The lowest BCUT2D eigenvalue weighted by Crippen LogP contribution is -2.28. The highest BCUT2D eigenvalue weighted by Gasteiger charge is 2.15. The van der Waals surface area contributed by atoms with Crippen LogP contribution in [0.3, 0.4) is 0 Å². The summed E-state index contributed by atoms with van der Waals surface area (Å²) >= 11 is 6.12. The summed E-state index contributed by atoms with van der Waals surface area (Å²) in [6.07, 6.45) is 3.52. The number of aromatic nitrogens is 2. The van der Waals surface area contributed by atoms with Crippen molar-refractivity contribution in [3.05, 3.63) is 29.0 Å². The molecule has 2 N–H and O–H groups in total. The average Bonchev–Trinajstić information content (AvgIpc) is 2.74. The predicted molar refractivity (Wildman–Crippen MR) is 70.4 cm³/mol. The van der Waals surface area contributed by atoms with Gasteiger partial charge in [0.25, 0.3) is 0 Å². The van der Waals surface area contributed by atoms with E-state index in [1.807, 2.05) is 18.2 Å². The van der Waals surface area contributed by atoms with E-state index in [0.717, 1.165) is 47.3 Å². The van der Waals surface area contributed by atoms with Gasteiger partial charge in [0.1, 0.15) is 11.3 Å². The van der Waals surface area contributed by atoms with E-state index in [9.17, 15) is 0 Å². The summed E-state index contributed by atoms with van der Waals surface area (Å²) in [5.74, 6) is 1.82. The van der Waals surface area contributed by atoms with Crippen LogP contribution in [0.15, 0.2) is 18.2 Å². The number of piperidine rings is 1. The number of hydrogen-bond donors (Lipinski definition) is 2. The molecule has 1 aromatic carbocycles. The van der Waals surface area contributed by atoms with Crippen LogP contribution in [0.4, 0.5) is 0 Å². The van der Waals surface area contributed by atoms with E-state index >= 15 is 0 Å². The van der Waals surface area contributed by atoms with Crippen molar-refractivity contribution >= 4 is 22.6 Å². The summed E-state index contributed by atoms with van der Waals surface area (Å²) in [4.78, 5) is 7.97. The molecule has 2 heterocycles. The number of aromatic amines is 1. The molecule has 3 rings (SSSR count). The zero-order chi connectivity index (χ0) is 11.7. The number of imidazole rings is 1. The molecule has 3 nitrogen and oxygen atoms in total. The molecule has 90 valence electrons. The van der Waals surface area contributed by atoms with Crippen molar-refractivity contribution in [2.75, 3.05) is 13.1 Å². The summed E-state index contributed by atoms with van der Waals surface area (Å²) < 4.78 is 0. The molecule has 0 radical (unpaired) electrons. The van der Waals surface area contributed by atoms with Crippen LogP contribution in [0.5, 0.6) is 0 Å². The third kappa shape index (κ3) is 2.31. The molecular formula is C13H16ClN3. The number of hydrogen-bond acceptors (Lipinski definition) is 2. The van der Waals surface area contributed by atoms with E-state index in [-0.39, 0.29) is 0 Å². The maximum absolute atomic E-state index is 6.12. The zero-order valence-electron chi connectivity index (χ0n) is 9.67. The molecule has 1 aliphatic heterocycles. The second kappa shape index (κ2) is 4.67. The summed E-state index contributed by atoms with van der Waals surface area (Å²) in [6, 6.07) is 5.87. The van der Waals surface area contributed by atoms with Crippen LogP contribution in [0.25, 0.3) is 11.0 Å². The van der Waals surface area contributed by atoms with Crippen molar-refractivity contribution in [2.24, 2.45) is 5.92 Å². The molecule has 0 aliphatic carbocycles. The molecule has 1 aliphatic rings. The third-order valence-corrected chi connectivity index (χ3v) is 3.76. The highest BCUT2D eigenvalue weighted by atomic mass is 35.5. The number of halogens is 1. The first-order chi connectivity index (χ1) is 8.33. The minimum atomic E-state index is 0.732. The molecule has 0 spiro atoms. The molecule has 0 unspecified atom stereocenters. The molecule has 0 atom stereocenters. The van der Waals surface area contributed by atoms with E-state index in [1.165, 1.54) is 12.8 Å². The number of nitrogens with zero attached hydrogens (tertiary/aromatic N) is 1. The SMILES string of the molecule is Clc1cccc2[nH]c(CC3CCNCC3)nc12. The lowest BCUT2D eigenvalue weighted by atomic mass is 9.94. The van der Waals surface area contributed by atoms with Gasteiger partial charge in [-0.2, -0.15) is 0 Å². The molecule has 1 aromatic heterocycles. The Morgan fingerprint density at radius 1 is 1.29 bits per heavy atom. The number of fused-ring (bicyclic) bond motifs is 1. The van der Waals surface area contributed by atoms with E-state index in [2.05, 4.69) is 15.3 Å². The number of rotatable bonds is 2. The molecule has 0 bridgehead atoms. The Morgan fingerprint density at radius 2 is 2.12 bits per heavy atom. The normalized spacial score (nSPS) is 17.7. The maximum Gasteiger partial charge on any atom is 0.107 e. The van der Waals surface area contributed by atoms with Crippen molar-refractivity contribution in [1.29, 1.82) is 0 Å². The van der Waals surface area contributed by atoms with Crippen molar-refractivity contribution in [3.63, 3.8) is 0 Å². The summed E-state index contributed by atoms with van der Waals surface area (Å²) in [6.45, 7) is 2.26. The lowest BCUT2D eigenvalue weighted by molar-refractivity contribution is 0.368. The first kappa shape index (κ1) is 11.1. The maximum atomic E-state index is 6.12. The van der Waals surface area contributed by atoms with Gasteiger partial charge in [0, 0.05) is 6.42 Å². The van der Waals surface area contributed by atoms with Crippen molar-refractivity contribution in [2.45, 2.75) is 19.3 Å². The number of H-pyrrole nitrogens is 1. The van der Waals surface area contributed by atoms with Crippen LogP contribution in [-0.2, 0) is 6.42 Å². The first-order valence-electron chi connectivity index (χ1n) is 6.17. The fourth-order valence-electron chi connectivity index (χ4n) is 2.50. The second-order valence-electron chi connectivity index (χ2n) is 4.72. The Balaban J connectivity index is 1.83. The zero-order valence-corrected chi connectivity index (χ0v) is 10.4. The summed E-state index contributed by atoms with van der Waals surface area (Å²) in [7, 11) is 0. The van der Waals surface area contributed by atoms with Gasteiger partial charge >= 0.3 is 0 Å². The highest BCUT2D eigenvalue weighted by molar-refractivity contribution is 6.34. The van der Waals surface area contributed by atoms with Crippen LogP contribution in [0.1, 0.15) is 18.7 Å². The summed E-state index contributed by atoms with van der Waals surface area (Å²) in [5.41, 5.74) is 1.94. The van der Waals surface area contributed by atoms with Gasteiger partial charge < -0.3 is 10.3 Å². The monoisotopic (exact) mass is 249 g/mol. The fourth-order valence-corrected chi connectivity index (χ4v) is 2.72. The standard InChI is InChI=1S/C13H16ClN3/c14-10-2-1-3-11-13(10)17-12(16-11)8-9-4-6-15-7-5-9/h1-3,9,15H,4-8H2,(H,16,17). The van der Waals surface area contributed by atoms with Gasteiger partial charge in [-0.05, 0) is 44.0 Å². The number of para-hydroxylation sites is 1. The van der Waals surface area contributed by atoms with Gasteiger partial charge in [0.15, 0.2) is 0 Å². The molecule has 0 amide bonds. The van der Waals surface area contributed by atoms with Crippen molar-refractivity contribution in [1.82, 2.24) is 15.3 Å². The van der Waals surface area contributed by atoms with Crippen LogP contribution < -0.4 is 5.32 Å². The molecule has 2 aromatic rings. The van der Waals surface area contributed by atoms with E-state index < -0.39 is 0 Å². The van der Waals surface area contributed by atoms with Crippen LogP contribution >= 0.6 is 11.6 Å². The number of nitrogens with one attached hydrogen (secondary N) is 2. The van der Waals surface area contributed by atoms with Crippen LogP contribution in [-0.4, -0.2) is 23.1 Å². The van der Waals surface area contributed by atoms with Gasteiger partial charge in [-0.3, -0.25) is 0 Å². The third-order valence-electron chi connectivity index (χ3n) is 3.45. The molecule has 4 heteroatoms. The minimum absolute atomic E-state index is 0.732. The van der Waals surface area contributed by atoms with E-state index in [4.69, 9.17) is 11.6 Å². The Bertz CT molecular complexity index is 514. The van der Waals surface area contributed by atoms with Crippen molar-refractivity contribution < 1.29 is 0 Å². The number of benzene rings is 1. The molecule has 1 fully saturated rings. The largest absolute Gasteiger partial charge is 0.342 e. The second-order valence-corrected chi connectivity index (χ2v) is 5.12. The van der Waals surface area contributed by atoms with Gasteiger partial charge in [0.2, 0.25) is 0 Å². The molecule has 0 saturated carbocycles. The Labute approximate surface area is 106 Å². The Kier molecular flexibility index (Phi) is 3.04. The fraction of sp³-hybridized carbons (Fsp3) is 0.462. The quantitative estimate of drug-likeness (QED) is 0.859. The topological polar surface area (TPSA) is 40.7 Å². The van der Waals surface area contributed by atoms with Crippen molar-refractivity contribution in [3.8, 4) is 0 Å². The minimum Gasteiger partial charge on any atom is -0.342 e. The molecule has 1 saturated heterocycles. The highest BCUT2D eigenvalue weighted by Crippen LogP contribution is 2.23. The smallest absolute Gasteiger partial charge is 0.107 e. The van der Waals surface area contributed by atoms with E-state index in [1.54, 1.807) is 0 Å². The van der Waals surface area contributed by atoms with Crippen LogP contribution in [0, 0.1) is 5.92 Å². The van der Waals surface area contributed by atoms with E-state index in [0.29, 0.717) is 0 Å². The molecular weight excluding hydrogens is 234 g/mol. The van der Waals surface area contributed by atoms with Crippen LogP contribution in [0.2, 0.25) is 5.02 Å². The first-order valence-corrected chi connectivity index (χ1v) is 6.54. The summed E-state index contributed by atoms with van der Waals surface area (Å²) in [5, 5.41) is 4.12.